The van der Waals surface area contributed by atoms with Gasteiger partial charge in [-0.25, -0.2) is 4.98 Å². The highest BCUT2D eigenvalue weighted by Gasteiger charge is 2.33. The van der Waals surface area contributed by atoms with Gasteiger partial charge in [-0.15, -0.1) is 5.10 Å². The van der Waals surface area contributed by atoms with Gasteiger partial charge in [0.25, 0.3) is 0 Å². The van der Waals surface area contributed by atoms with Crippen LogP contribution in [0.5, 0.6) is 11.6 Å². The summed E-state index contributed by atoms with van der Waals surface area (Å²) in [6, 6.07) is 10.9. The summed E-state index contributed by atoms with van der Waals surface area (Å²) in [5, 5.41) is 8.31. The van der Waals surface area contributed by atoms with Crippen molar-refractivity contribution < 1.29 is 31.1 Å². The lowest BCUT2D eigenvalue weighted by Gasteiger charge is -2.10. The zero-order chi connectivity index (χ0) is 25.2. The molecule has 35 heavy (non-hydrogen) atoms. The summed E-state index contributed by atoms with van der Waals surface area (Å²) < 4.78 is 82.0. The average Bonchev–Trinajstić information content (AvgIpc) is 3.22. The predicted molar refractivity (Wildman–Crippen MR) is 116 cm³/mol. The Balaban J connectivity index is 1.44. The maximum Gasteiger partial charge on any atom is 0.449 e. The third-order valence-electron chi connectivity index (χ3n) is 4.18. The summed E-state index contributed by atoms with van der Waals surface area (Å²) in [5.74, 6) is 0.530. The van der Waals surface area contributed by atoms with Crippen molar-refractivity contribution in [1.29, 1.82) is 0 Å². The Kier molecular flexibility index (Phi) is 6.76. The molecular formula is C20H11ClF6N6OS. The van der Waals surface area contributed by atoms with Crippen molar-refractivity contribution in [2.45, 2.75) is 16.8 Å². The molecule has 2 aromatic heterocycles. The van der Waals surface area contributed by atoms with E-state index in [0.717, 1.165) is 18.3 Å². The summed E-state index contributed by atoms with van der Waals surface area (Å²) >= 11 is 5.16. The highest BCUT2D eigenvalue weighted by atomic mass is 35.5. The molecule has 2 aromatic carbocycles. The molecule has 2 N–H and O–H groups in total. The molecule has 0 saturated carbocycles. The summed E-state index contributed by atoms with van der Waals surface area (Å²) in [5.41, 5.74) is -4.88. The van der Waals surface area contributed by atoms with Crippen LogP contribution in [0.4, 0.5) is 38.0 Å². The molecule has 0 bridgehead atoms. The van der Waals surface area contributed by atoms with Crippen molar-refractivity contribution >= 4 is 35.0 Å². The number of nitrogens with one attached hydrogen (secondary N) is 2. The second kappa shape index (κ2) is 9.62. The largest absolute Gasteiger partial charge is 0.449 e. The minimum absolute atomic E-state index is 0.0199. The Morgan fingerprint density at radius 2 is 1.69 bits per heavy atom. The molecule has 182 valence electrons. The van der Waals surface area contributed by atoms with E-state index in [1.807, 2.05) is 0 Å². The molecule has 0 atom stereocenters. The van der Waals surface area contributed by atoms with E-state index in [1.165, 1.54) is 24.3 Å². The number of ether oxygens (including phenoxy) is 1. The van der Waals surface area contributed by atoms with E-state index in [9.17, 15) is 26.3 Å². The summed E-state index contributed by atoms with van der Waals surface area (Å²) in [4.78, 5) is 11.4. The fourth-order valence-corrected chi connectivity index (χ4v) is 3.41. The molecule has 0 fully saturated rings. The molecule has 0 aliphatic rings. The van der Waals surface area contributed by atoms with E-state index in [0.29, 0.717) is 11.4 Å². The normalized spacial score (nSPS) is 12.0. The minimum Gasteiger partial charge on any atom is -0.439 e. The second-order valence-corrected chi connectivity index (χ2v) is 8.12. The molecule has 0 saturated heterocycles. The first-order valence-electron chi connectivity index (χ1n) is 9.39. The Bertz CT molecular complexity index is 1330. The number of hydrogen-bond donors (Lipinski definition) is 2. The van der Waals surface area contributed by atoms with Crippen molar-refractivity contribution in [2.24, 2.45) is 0 Å². The van der Waals surface area contributed by atoms with Crippen LogP contribution >= 0.6 is 23.4 Å². The third kappa shape index (κ3) is 6.54. The Morgan fingerprint density at radius 1 is 0.943 bits per heavy atom. The third-order valence-corrected chi connectivity index (χ3v) is 5.12. The molecule has 4 aromatic rings. The first-order chi connectivity index (χ1) is 16.5. The van der Waals surface area contributed by atoms with Crippen LogP contribution in [0.3, 0.4) is 0 Å². The molecule has 4 rings (SSSR count). The summed E-state index contributed by atoms with van der Waals surface area (Å²) in [7, 11) is 0. The second-order valence-electron chi connectivity index (χ2n) is 6.68. The number of H-pyrrole nitrogens is 1. The van der Waals surface area contributed by atoms with Crippen LogP contribution in [0.15, 0.2) is 59.9 Å². The van der Waals surface area contributed by atoms with E-state index >= 15 is 0 Å². The number of thioether (sulfide) groups is 1. The first-order valence-corrected chi connectivity index (χ1v) is 10.6. The lowest BCUT2D eigenvalue weighted by Crippen LogP contribution is -2.06. The quantitative estimate of drug-likeness (QED) is 0.156. The van der Waals surface area contributed by atoms with Crippen molar-refractivity contribution in [3.8, 4) is 23.0 Å². The highest BCUT2D eigenvalue weighted by Crippen LogP contribution is 2.37. The van der Waals surface area contributed by atoms with Crippen LogP contribution < -0.4 is 10.1 Å². The van der Waals surface area contributed by atoms with Crippen molar-refractivity contribution in [2.75, 3.05) is 5.32 Å². The summed E-state index contributed by atoms with van der Waals surface area (Å²) in [6.07, 6.45) is -3.47. The van der Waals surface area contributed by atoms with E-state index in [4.69, 9.17) is 16.3 Å². The van der Waals surface area contributed by atoms with Crippen LogP contribution in [0.25, 0.3) is 11.4 Å². The van der Waals surface area contributed by atoms with Crippen LogP contribution in [-0.4, -0.2) is 30.7 Å². The van der Waals surface area contributed by atoms with Crippen LogP contribution in [0.2, 0.25) is 5.02 Å². The van der Waals surface area contributed by atoms with E-state index in [-0.39, 0.29) is 23.3 Å². The summed E-state index contributed by atoms with van der Waals surface area (Å²) in [6.45, 7) is 0. The molecule has 7 nitrogen and oxygen atoms in total. The molecule has 0 spiro atoms. The Labute approximate surface area is 201 Å². The van der Waals surface area contributed by atoms with Crippen LogP contribution in [-0.2, 0) is 6.18 Å². The van der Waals surface area contributed by atoms with E-state index in [2.05, 4.69) is 30.5 Å². The predicted octanol–water partition coefficient (Wildman–Crippen LogP) is 7.08. The number of rotatable bonds is 6. The number of aromatic nitrogens is 5. The van der Waals surface area contributed by atoms with Gasteiger partial charge in [-0.1, -0.05) is 11.6 Å². The van der Waals surface area contributed by atoms with Crippen molar-refractivity contribution in [1.82, 2.24) is 25.1 Å². The molecule has 0 aliphatic carbocycles. The molecule has 15 heteroatoms. The van der Waals surface area contributed by atoms with Gasteiger partial charge >= 0.3 is 11.7 Å². The van der Waals surface area contributed by atoms with Gasteiger partial charge < -0.3 is 10.1 Å². The van der Waals surface area contributed by atoms with Gasteiger partial charge in [-0.3, -0.25) is 5.10 Å². The number of benzene rings is 2. The fraction of sp³-hybridized carbons (Fsp3) is 0.100. The molecular weight excluding hydrogens is 522 g/mol. The van der Waals surface area contributed by atoms with Gasteiger partial charge in [0, 0.05) is 35.3 Å². The molecule has 0 amide bonds. The number of alkyl halides is 6. The number of hydrogen-bond acceptors (Lipinski definition) is 7. The van der Waals surface area contributed by atoms with Crippen LogP contribution in [0.1, 0.15) is 5.56 Å². The van der Waals surface area contributed by atoms with Crippen molar-refractivity contribution in [3.63, 3.8) is 0 Å². The zero-order valence-corrected chi connectivity index (χ0v) is 18.5. The molecule has 0 radical (unpaired) electrons. The van der Waals surface area contributed by atoms with E-state index in [1.54, 1.807) is 12.1 Å². The topological polar surface area (TPSA) is 88.6 Å². The molecule has 2 heterocycles. The maximum absolute atomic E-state index is 13.0. The number of anilines is 2. The Hall–Kier alpha value is -3.52. The lowest BCUT2D eigenvalue weighted by atomic mass is 10.2. The van der Waals surface area contributed by atoms with Gasteiger partial charge in [0.2, 0.25) is 11.8 Å². The number of halogens is 7. The smallest absolute Gasteiger partial charge is 0.439 e. The fourth-order valence-electron chi connectivity index (χ4n) is 2.73. The SMILES string of the molecule is FC(F)(F)Sc1nccc(Oc2ccc(-c3nc(Nc4ccc(Cl)c(C(F)(F)F)c4)n[nH]3)cc2)n1. The number of aromatic amines is 1. The van der Waals surface area contributed by atoms with Gasteiger partial charge in [0.05, 0.1) is 10.6 Å². The van der Waals surface area contributed by atoms with Gasteiger partial charge in [0.1, 0.15) is 5.75 Å². The first kappa shape index (κ1) is 24.6. The minimum atomic E-state index is -4.62. The molecule has 0 aliphatic heterocycles. The average molecular weight is 533 g/mol. The maximum atomic E-state index is 13.0. The van der Waals surface area contributed by atoms with Gasteiger partial charge in [-0.2, -0.15) is 36.3 Å². The number of nitrogens with zero attached hydrogens (tertiary/aromatic N) is 4. The monoisotopic (exact) mass is 532 g/mol. The van der Waals surface area contributed by atoms with E-state index < -0.39 is 39.2 Å². The van der Waals surface area contributed by atoms with Gasteiger partial charge in [-0.05, 0) is 42.5 Å². The van der Waals surface area contributed by atoms with Crippen LogP contribution in [0, 0.1) is 0 Å². The highest BCUT2D eigenvalue weighted by molar-refractivity contribution is 8.00. The Morgan fingerprint density at radius 3 is 2.37 bits per heavy atom. The zero-order valence-electron chi connectivity index (χ0n) is 16.9. The van der Waals surface area contributed by atoms with Crippen molar-refractivity contribution in [3.05, 3.63) is 65.3 Å². The standard InChI is InChI=1S/C20H11ClF6N6OS/c21-14-6-3-11(9-13(14)19(22,23)24)29-17-31-16(32-33-17)10-1-4-12(5-2-10)34-15-7-8-28-18(30-15)35-20(25,26)27/h1-9H,(H2,29,31,32,33). The van der Waals surface area contributed by atoms with Gasteiger partial charge in [0.15, 0.2) is 11.0 Å². The molecule has 0 unspecified atom stereocenters. The lowest BCUT2D eigenvalue weighted by molar-refractivity contribution is -0.137.